The summed E-state index contributed by atoms with van der Waals surface area (Å²) in [6.07, 6.45) is 0. The molecule has 24 valence electrons. The molecule has 0 N–H and O–H groups in total. The summed E-state index contributed by atoms with van der Waals surface area (Å²) >= 11 is 0.694. The Bertz CT molecular complexity index is 54.3. The van der Waals surface area contributed by atoms with E-state index in [1.807, 2.05) is 0 Å². The molecule has 0 atom stereocenters. The first-order valence-corrected chi connectivity index (χ1v) is 3.91. The van der Waals surface area contributed by atoms with Gasteiger partial charge >= 0.3 is 0 Å². The van der Waals surface area contributed by atoms with Crippen molar-refractivity contribution >= 4 is 24.2 Å². The smallest absolute Gasteiger partial charge is 0.0209 e. The molecule has 0 saturated carbocycles. The molecular formula is C3H5I. The van der Waals surface area contributed by atoms with Gasteiger partial charge in [-0.25, -0.2) is 0 Å². The maximum absolute atomic E-state index is 2.24. The molecule has 0 radical (unpaired) electrons. The van der Waals surface area contributed by atoms with E-state index >= 15 is 0 Å². The van der Waals surface area contributed by atoms with Gasteiger partial charge in [0.05, 0.1) is 0 Å². The summed E-state index contributed by atoms with van der Waals surface area (Å²) in [5.41, 5.74) is 0. The van der Waals surface area contributed by atoms with Crippen molar-refractivity contribution in [2.45, 2.75) is 6.92 Å². The van der Waals surface area contributed by atoms with Crippen LogP contribution >= 0.6 is 20.7 Å². The van der Waals surface area contributed by atoms with Crippen LogP contribution in [0.25, 0.3) is 0 Å². The summed E-state index contributed by atoms with van der Waals surface area (Å²) < 4.78 is 3.29. The molecular weight excluding hydrogens is 163 g/mol. The van der Waals surface area contributed by atoms with E-state index in [1.54, 1.807) is 3.51 Å². The Morgan fingerprint density at radius 3 is 2.25 bits per heavy atom. The van der Waals surface area contributed by atoms with Gasteiger partial charge in [0.2, 0.25) is 0 Å². The second kappa shape index (κ2) is 0.776. The quantitative estimate of drug-likeness (QED) is 0.376. The van der Waals surface area contributed by atoms with Crippen molar-refractivity contribution in [2.75, 3.05) is 4.43 Å². The topological polar surface area (TPSA) is 0 Å². The number of alkyl halides is 1. The molecule has 0 aliphatic carbocycles. The third-order valence-corrected chi connectivity index (χ3v) is 2.69. The fourth-order valence-corrected chi connectivity index (χ4v) is 0.448. The average Bonchev–Trinajstić information content (AvgIpc) is 1.75. The van der Waals surface area contributed by atoms with Crippen LogP contribution < -0.4 is 0 Å². The van der Waals surface area contributed by atoms with Crippen LogP contribution in [-0.2, 0) is 0 Å². The van der Waals surface area contributed by atoms with E-state index in [1.165, 1.54) is 4.43 Å². The van der Waals surface area contributed by atoms with Crippen LogP contribution in [0.3, 0.4) is 0 Å². The molecule has 1 heteroatoms. The minimum atomic E-state index is 0.694. The third kappa shape index (κ3) is 0.514. The van der Waals surface area contributed by atoms with Crippen LogP contribution in [0.15, 0.2) is 0 Å². The van der Waals surface area contributed by atoms with Gasteiger partial charge < -0.3 is 0 Å². The Morgan fingerprint density at radius 1 is 2.00 bits per heavy atom. The number of rotatable bonds is 0. The van der Waals surface area contributed by atoms with E-state index in [4.69, 9.17) is 0 Å². The molecule has 0 fully saturated rings. The molecule has 0 aromatic heterocycles. The van der Waals surface area contributed by atoms with Crippen molar-refractivity contribution in [2.24, 2.45) is 0 Å². The van der Waals surface area contributed by atoms with Gasteiger partial charge in [-0.15, -0.1) is 20.7 Å². The first-order chi connectivity index (χ1) is 1.89. The standard InChI is InChI=1S/C3H5I/c1-3-2-4-3/h2H2,1H3. The van der Waals surface area contributed by atoms with E-state index in [0.717, 1.165) is 0 Å². The van der Waals surface area contributed by atoms with Crippen molar-refractivity contribution < 1.29 is 0 Å². The lowest BCUT2D eigenvalue weighted by Crippen LogP contribution is -1.58. The van der Waals surface area contributed by atoms with E-state index in [-0.39, 0.29) is 0 Å². The molecule has 1 rings (SSSR count). The van der Waals surface area contributed by atoms with Crippen molar-refractivity contribution in [3.05, 3.63) is 0 Å². The van der Waals surface area contributed by atoms with Crippen LogP contribution in [0.5, 0.6) is 0 Å². The van der Waals surface area contributed by atoms with Crippen molar-refractivity contribution in [3.63, 3.8) is 0 Å². The minimum Gasteiger partial charge on any atom is -0.118 e. The van der Waals surface area contributed by atoms with E-state index < -0.39 is 0 Å². The average molecular weight is 168 g/mol. The van der Waals surface area contributed by atoms with Gasteiger partial charge in [0.15, 0.2) is 0 Å². The zero-order chi connectivity index (χ0) is 2.99. The van der Waals surface area contributed by atoms with Crippen LogP contribution in [0.4, 0.5) is 0 Å². The summed E-state index contributed by atoms with van der Waals surface area (Å²) in [6.45, 7) is 2.24. The summed E-state index contributed by atoms with van der Waals surface area (Å²) in [6, 6.07) is 0. The lowest BCUT2D eigenvalue weighted by Gasteiger charge is -1.44. The maximum Gasteiger partial charge on any atom is 0.0209 e. The van der Waals surface area contributed by atoms with Crippen LogP contribution in [0.2, 0.25) is 0 Å². The summed E-state index contributed by atoms with van der Waals surface area (Å²) in [4.78, 5) is 0. The van der Waals surface area contributed by atoms with Crippen LogP contribution in [0.1, 0.15) is 6.92 Å². The van der Waals surface area contributed by atoms with E-state index in [0.29, 0.717) is 20.7 Å². The fourth-order valence-electron chi connectivity index (χ4n) is 0.0668. The molecule has 1 aliphatic heterocycles. The number of hydrogen-bond donors (Lipinski definition) is 0. The van der Waals surface area contributed by atoms with E-state index in [2.05, 4.69) is 6.92 Å². The predicted octanol–water partition coefficient (Wildman–Crippen LogP) is 1.16. The molecule has 1 aliphatic rings. The molecule has 0 nitrogen and oxygen atoms in total. The first kappa shape index (κ1) is 2.82. The summed E-state index contributed by atoms with van der Waals surface area (Å²) in [7, 11) is 0. The van der Waals surface area contributed by atoms with Crippen molar-refractivity contribution in [1.29, 1.82) is 0 Å². The number of hydrogen-bond acceptors (Lipinski definition) is 0. The Hall–Kier alpha value is 0.600. The lowest BCUT2D eigenvalue weighted by molar-refractivity contribution is 1.95. The highest BCUT2D eigenvalue weighted by Gasteiger charge is 1.95. The number of halogens is 1. The molecule has 4 heavy (non-hydrogen) atoms. The van der Waals surface area contributed by atoms with E-state index in [9.17, 15) is 0 Å². The normalized spacial score (nSPS) is 21.8. The molecule has 0 aromatic rings. The second-order valence-electron chi connectivity index (χ2n) is 0.943. The Balaban J connectivity index is 2.54. The van der Waals surface area contributed by atoms with Crippen LogP contribution in [0, 0.1) is 0 Å². The lowest BCUT2D eigenvalue weighted by atomic mass is 10.6. The first-order valence-electron chi connectivity index (χ1n) is 1.31. The summed E-state index contributed by atoms with van der Waals surface area (Å²) in [5.74, 6) is 0. The molecule has 0 saturated heterocycles. The SMILES string of the molecule is CC1=IC1. The van der Waals surface area contributed by atoms with Gasteiger partial charge in [-0.05, 0) is 10.4 Å². The third-order valence-electron chi connectivity index (χ3n) is 0.401. The second-order valence-corrected chi connectivity index (χ2v) is 4.31. The highest BCUT2D eigenvalue weighted by molar-refractivity contribution is 14.2. The van der Waals surface area contributed by atoms with Gasteiger partial charge in [-0.3, -0.25) is 0 Å². The highest BCUT2D eigenvalue weighted by atomic mass is 127. The molecule has 0 bridgehead atoms. The Morgan fingerprint density at radius 2 is 2.25 bits per heavy atom. The highest BCUT2D eigenvalue weighted by Crippen LogP contribution is 2.16. The largest absolute Gasteiger partial charge is 0.118 e. The van der Waals surface area contributed by atoms with Gasteiger partial charge in [0.25, 0.3) is 0 Å². The van der Waals surface area contributed by atoms with Crippen molar-refractivity contribution in [3.8, 4) is 0 Å². The molecule has 0 aromatic carbocycles. The van der Waals surface area contributed by atoms with Crippen LogP contribution in [-0.4, -0.2) is 7.94 Å². The predicted molar refractivity (Wildman–Crippen MR) is 29.6 cm³/mol. The molecule has 0 spiro atoms. The maximum atomic E-state index is 2.24. The van der Waals surface area contributed by atoms with Gasteiger partial charge in [-0.1, -0.05) is 0 Å². The van der Waals surface area contributed by atoms with Gasteiger partial charge in [-0.2, -0.15) is 0 Å². The minimum absolute atomic E-state index is 0.694. The fraction of sp³-hybridized carbons (Fsp3) is 0.667. The molecule has 1 heterocycles. The zero-order valence-electron chi connectivity index (χ0n) is 2.59. The summed E-state index contributed by atoms with van der Waals surface area (Å²) in [5, 5.41) is 0. The molecule has 0 amide bonds. The molecule has 0 unspecified atom stereocenters. The Labute approximate surface area is 36.0 Å². The van der Waals surface area contributed by atoms with Gasteiger partial charge in [0.1, 0.15) is 0 Å². The Kier molecular flexibility index (Phi) is 0.547. The van der Waals surface area contributed by atoms with Gasteiger partial charge in [0, 0.05) is 4.43 Å². The van der Waals surface area contributed by atoms with Crippen molar-refractivity contribution in [1.82, 2.24) is 0 Å². The zero-order valence-corrected chi connectivity index (χ0v) is 4.74. The monoisotopic (exact) mass is 168 g/mol.